The fourth-order valence-electron chi connectivity index (χ4n) is 4.94. The topological polar surface area (TPSA) is 78.7 Å². The molecule has 1 fully saturated rings. The summed E-state index contributed by atoms with van der Waals surface area (Å²) in [5, 5.41) is 11.2. The van der Waals surface area contributed by atoms with Crippen LogP contribution in [0.15, 0.2) is 53.5 Å². The van der Waals surface area contributed by atoms with Gasteiger partial charge >= 0.3 is 12.1 Å². The van der Waals surface area contributed by atoms with Crippen molar-refractivity contribution in [1.82, 2.24) is 14.5 Å². The van der Waals surface area contributed by atoms with Crippen LogP contribution in [0.5, 0.6) is 0 Å². The number of thiophene rings is 1. The van der Waals surface area contributed by atoms with Gasteiger partial charge in [0.25, 0.3) is 0 Å². The van der Waals surface area contributed by atoms with E-state index in [4.69, 9.17) is 14.9 Å². The molecule has 5 rings (SSSR count). The molecule has 11 heteroatoms. The van der Waals surface area contributed by atoms with Crippen molar-refractivity contribution >= 4 is 28.9 Å². The zero-order chi connectivity index (χ0) is 26.8. The van der Waals surface area contributed by atoms with Crippen molar-refractivity contribution in [3.05, 3.63) is 64.7 Å². The van der Waals surface area contributed by atoms with Gasteiger partial charge in [-0.25, -0.2) is 9.78 Å². The zero-order valence-corrected chi connectivity index (χ0v) is 21.4. The first kappa shape index (κ1) is 26.7. The number of amides is 1. The summed E-state index contributed by atoms with van der Waals surface area (Å²) in [7, 11) is 0. The van der Waals surface area contributed by atoms with Gasteiger partial charge in [0, 0.05) is 32.0 Å². The number of anilines is 1. The predicted octanol–water partition coefficient (Wildman–Crippen LogP) is 5.10. The molecule has 198 valence electrons. The average molecular weight is 535 g/mol. The first-order valence-electron chi connectivity index (χ1n) is 12.0. The normalized spacial score (nSPS) is 18.4. The largest absolute Gasteiger partial charge is 0.490 e. The Balaban J connectivity index is 0.000000405. The third-order valence-corrected chi connectivity index (χ3v) is 7.47. The molecule has 0 saturated carbocycles. The number of nitrogens with zero attached hydrogens (tertiary/aromatic N) is 4. The number of fused-ring (bicyclic) bond motifs is 4. The lowest BCUT2D eigenvalue weighted by atomic mass is 9.88. The molecule has 1 unspecified atom stereocenters. The van der Waals surface area contributed by atoms with Crippen molar-refractivity contribution in [1.29, 1.82) is 0 Å². The van der Waals surface area contributed by atoms with Crippen LogP contribution in [0.25, 0.3) is 5.82 Å². The smallest absolute Gasteiger partial charge is 0.475 e. The predicted molar refractivity (Wildman–Crippen MR) is 135 cm³/mol. The van der Waals surface area contributed by atoms with Gasteiger partial charge in [0.2, 0.25) is 5.91 Å². The SMILES string of the molecule is CC(C)CCN1c2cccnc2-n2cccc2C12CCN(C(=O)Cc1ccsc1)C2.O=C(O)C(F)(F)F. The second-order valence-corrected chi connectivity index (χ2v) is 10.4. The third-order valence-electron chi connectivity index (χ3n) is 6.74. The fourth-order valence-corrected chi connectivity index (χ4v) is 5.60. The van der Waals surface area contributed by atoms with Crippen LogP contribution >= 0.6 is 11.3 Å². The van der Waals surface area contributed by atoms with Crippen molar-refractivity contribution in [3.63, 3.8) is 0 Å². The molecule has 0 aliphatic carbocycles. The van der Waals surface area contributed by atoms with E-state index < -0.39 is 12.1 Å². The number of pyridine rings is 1. The van der Waals surface area contributed by atoms with Gasteiger partial charge in [-0.05, 0) is 65.4 Å². The number of aromatic nitrogens is 2. The number of carboxylic acids is 1. The van der Waals surface area contributed by atoms with Gasteiger partial charge in [0.1, 0.15) is 5.54 Å². The number of carbonyl (C=O) groups is 2. The van der Waals surface area contributed by atoms with E-state index in [1.165, 1.54) is 11.4 Å². The molecule has 1 N–H and O–H groups in total. The first-order chi connectivity index (χ1) is 17.5. The summed E-state index contributed by atoms with van der Waals surface area (Å²) < 4.78 is 34.0. The van der Waals surface area contributed by atoms with Crippen LogP contribution in [-0.2, 0) is 21.5 Å². The summed E-state index contributed by atoms with van der Waals surface area (Å²) in [5.74, 6) is -0.916. The summed E-state index contributed by atoms with van der Waals surface area (Å²) in [6.07, 6.45) is 1.44. The van der Waals surface area contributed by atoms with Crippen LogP contribution in [0.2, 0.25) is 0 Å². The highest BCUT2D eigenvalue weighted by atomic mass is 32.1. The lowest BCUT2D eigenvalue weighted by Gasteiger charge is -2.47. The number of likely N-dealkylation sites (tertiary alicyclic amines) is 1. The number of carbonyl (C=O) groups excluding carboxylic acids is 1. The fraction of sp³-hybridized carbons (Fsp3) is 0.423. The number of hydrogen-bond acceptors (Lipinski definition) is 5. The molecule has 1 amide bonds. The number of rotatable bonds is 5. The maximum absolute atomic E-state index is 13.1. The molecule has 0 bridgehead atoms. The number of alkyl halides is 3. The Kier molecular flexibility index (Phi) is 7.63. The Morgan fingerprint density at radius 3 is 2.62 bits per heavy atom. The Morgan fingerprint density at radius 1 is 1.22 bits per heavy atom. The van der Waals surface area contributed by atoms with Crippen LogP contribution in [0.4, 0.5) is 18.9 Å². The second-order valence-electron chi connectivity index (χ2n) is 9.65. The summed E-state index contributed by atoms with van der Waals surface area (Å²) in [6, 6.07) is 10.6. The minimum Gasteiger partial charge on any atom is -0.475 e. The molecular formula is C26H29F3N4O3S. The molecule has 0 aromatic carbocycles. The van der Waals surface area contributed by atoms with Gasteiger partial charge in [-0.1, -0.05) is 13.8 Å². The average Bonchev–Trinajstić information content (AvgIpc) is 3.60. The molecule has 1 saturated heterocycles. The lowest BCUT2D eigenvalue weighted by Crippen LogP contribution is -2.53. The molecule has 1 atom stereocenters. The lowest BCUT2D eigenvalue weighted by molar-refractivity contribution is -0.192. The molecule has 7 nitrogen and oxygen atoms in total. The van der Waals surface area contributed by atoms with E-state index in [1.54, 1.807) is 11.3 Å². The number of halogens is 3. The highest BCUT2D eigenvalue weighted by Crippen LogP contribution is 2.47. The molecule has 5 heterocycles. The number of aliphatic carboxylic acids is 1. The van der Waals surface area contributed by atoms with Crippen LogP contribution in [0.3, 0.4) is 0 Å². The third kappa shape index (κ3) is 5.51. The molecule has 2 aliphatic rings. The van der Waals surface area contributed by atoms with E-state index in [9.17, 15) is 18.0 Å². The summed E-state index contributed by atoms with van der Waals surface area (Å²) in [5.41, 5.74) is 3.35. The van der Waals surface area contributed by atoms with Crippen molar-refractivity contribution in [2.75, 3.05) is 24.5 Å². The first-order valence-corrected chi connectivity index (χ1v) is 13.0. The molecule has 3 aromatic rings. The molecule has 0 radical (unpaired) electrons. The Morgan fingerprint density at radius 2 is 1.97 bits per heavy atom. The molecule has 1 spiro atoms. The molecule has 37 heavy (non-hydrogen) atoms. The van der Waals surface area contributed by atoms with Gasteiger partial charge < -0.3 is 19.5 Å². The van der Waals surface area contributed by atoms with Crippen molar-refractivity contribution in [2.24, 2.45) is 5.92 Å². The summed E-state index contributed by atoms with van der Waals surface area (Å²) in [4.78, 5) is 31.3. The maximum Gasteiger partial charge on any atom is 0.490 e. The molecular weight excluding hydrogens is 505 g/mol. The standard InChI is InChI=1S/C24H28N4OS.C2HF3O2/c1-18(2)7-12-28-20-5-3-10-25-23(20)27-11-4-6-21(27)24(28)9-13-26(17-24)22(29)15-19-8-14-30-16-19;3-2(4,5)1(6)7/h3-6,8,10-11,14,16,18H,7,9,12-13,15,17H2,1-2H3;(H,6,7). The summed E-state index contributed by atoms with van der Waals surface area (Å²) in [6.45, 7) is 7.03. The van der Waals surface area contributed by atoms with E-state index in [0.29, 0.717) is 12.3 Å². The highest BCUT2D eigenvalue weighted by Gasteiger charge is 2.50. The highest BCUT2D eigenvalue weighted by molar-refractivity contribution is 7.08. The van der Waals surface area contributed by atoms with Crippen LogP contribution in [-0.4, -0.2) is 57.2 Å². The Hall–Kier alpha value is -3.34. The molecule has 2 aliphatic heterocycles. The Labute approximate surface area is 217 Å². The van der Waals surface area contributed by atoms with Gasteiger partial charge in [-0.2, -0.15) is 24.5 Å². The molecule has 3 aromatic heterocycles. The van der Waals surface area contributed by atoms with Crippen LogP contribution in [0, 0.1) is 5.92 Å². The minimum atomic E-state index is -5.08. The number of carboxylic acid groups (broad SMARTS) is 1. The van der Waals surface area contributed by atoms with Gasteiger partial charge in [-0.15, -0.1) is 0 Å². The quantitative estimate of drug-likeness (QED) is 0.493. The number of hydrogen-bond donors (Lipinski definition) is 1. The zero-order valence-electron chi connectivity index (χ0n) is 20.6. The van der Waals surface area contributed by atoms with Gasteiger partial charge in [0.05, 0.1) is 17.8 Å². The second kappa shape index (κ2) is 10.6. The maximum atomic E-state index is 13.1. The van der Waals surface area contributed by atoms with Gasteiger partial charge in [0.15, 0.2) is 5.82 Å². The van der Waals surface area contributed by atoms with E-state index >= 15 is 0 Å². The Bertz CT molecular complexity index is 1240. The van der Waals surface area contributed by atoms with E-state index in [1.807, 2.05) is 17.6 Å². The monoisotopic (exact) mass is 534 g/mol. The minimum absolute atomic E-state index is 0.196. The van der Waals surface area contributed by atoms with Crippen LogP contribution < -0.4 is 4.90 Å². The van der Waals surface area contributed by atoms with Gasteiger partial charge in [-0.3, -0.25) is 4.79 Å². The van der Waals surface area contributed by atoms with E-state index in [-0.39, 0.29) is 11.4 Å². The van der Waals surface area contributed by atoms with Crippen LogP contribution in [0.1, 0.15) is 37.9 Å². The van der Waals surface area contributed by atoms with E-state index in [2.05, 4.69) is 64.1 Å². The summed E-state index contributed by atoms with van der Waals surface area (Å²) >= 11 is 1.65. The van der Waals surface area contributed by atoms with Crippen molar-refractivity contribution in [2.45, 2.75) is 44.8 Å². The van der Waals surface area contributed by atoms with Crippen molar-refractivity contribution in [3.8, 4) is 5.82 Å². The van der Waals surface area contributed by atoms with Crippen molar-refractivity contribution < 1.29 is 27.9 Å². The van der Waals surface area contributed by atoms with E-state index in [0.717, 1.165) is 43.9 Å².